The van der Waals surface area contributed by atoms with Crippen molar-refractivity contribution in [2.75, 3.05) is 13.7 Å². The van der Waals surface area contributed by atoms with Crippen LogP contribution in [0, 0.1) is 5.92 Å². The Bertz CT molecular complexity index is 166. The van der Waals surface area contributed by atoms with Crippen LogP contribution < -0.4 is 5.32 Å². The molecule has 0 spiro atoms. The zero-order chi connectivity index (χ0) is 11.8. The van der Waals surface area contributed by atoms with Crippen LogP contribution in [0.2, 0.25) is 0 Å². The van der Waals surface area contributed by atoms with E-state index in [-0.39, 0.29) is 0 Å². The van der Waals surface area contributed by atoms with Crippen molar-refractivity contribution in [1.29, 1.82) is 0 Å². The lowest BCUT2D eigenvalue weighted by Crippen LogP contribution is -2.35. The van der Waals surface area contributed by atoms with Gasteiger partial charge < -0.3 is 10.1 Å². The highest BCUT2D eigenvalue weighted by atomic mass is 16.5. The molecular formula is C14H29NO. The first kappa shape index (κ1) is 14.0. The van der Waals surface area contributed by atoms with Crippen LogP contribution in [-0.2, 0) is 4.74 Å². The van der Waals surface area contributed by atoms with Crippen LogP contribution in [0.3, 0.4) is 0 Å². The molecule has 16 heavy (non-hydrogen) atoms. The molecule has 0 amide bonds. The van der Waals surface area contributed by atoms with E-state index in [2.05, 4.69) is 19.2 Å². The number of hydrogen-bond donors (Lipinski definition) is 1. The lowest BCUT2D eigenvalue weighted by Gasteiger charge is -2.21. The highest BCUT2D eigenvalue weighted by Gasteiger charge is 2.16. The number of rotatable bonds is 8. The smallest absolute Gasteiger partial charge is 0.0476 e. The standard InChI is InChI=1S/C14H29NO/c1-12(15-13(2)10-11-16-3)8-9-14-6-4-5-7-14/h12-15H,4-11H2,1-3H3. The molecule has 0 aromatic heterocycles. The zero-order valence-electron chi connectivity index (χ0n) is 11.3. The fraction of sp³-hybridized carbons (Fsp3) is 1.00. The van der Waals surface area contributed by atoms with Gasteiger partial charge >= 0.3 is 0 Å². The topological polar surface area (TPSA) is 21.3 Å². The third-order valence-corrected chi connectivity index (χ3v) is 3.81. The fourth-order valence-electron chi connectivity index (χ4n) is 2.73. The maximum Gasteiger partial charge on any atom is 0.0476 e. The predicted octanol–water partition coefficient (Wildman–Crippen LogP) is 3.36. The minimum atomic E-state index is 0.582. The molecule has 96 valence electrons. The Morgan fingerprint density at radius 3 is 2.38 bits per heavy atom. The van der Waals surface area contributed by atoms with Gasteiger partial charge in [-0.25, -0.2) is 0 Å². The van der Waals surface area contributed by atoms with E-state index in [4.69, 9.17) is 4.74 Å². The summed E-state index contributed by atoms with van der Waals surface area (Å²) < 4.78 is 5.10. The SMILES string of the molecule is COCCC(C)NC(C)CCC1CCCC1. The summed E-state index contributed by atoms with van der Waals surface area (Å²) in [5.41, 5.74) is 0. The molecule has 1 saturated carbocycles. The Morgan fingerprint density at radius 1 is 1.12 bits per heavy atom. The Kier molecular flexibility index (Phi) is 7.06. The molecule has 1 N–H and O–H groups in total. The van der Waals surface area contributed by atoms with Gasteiger partial charge in [-0.3, -0.25) is 0 Å². The van der Waals surface area contributed by atoms with Gasteiger partial charge in [0.2, 0.25) is 0 Å². The molecule has 0 saturated heterocycles. The molecule has 1 fully saturated rings. The van der Waals surface area contributed by atoms with Gasteiger partial charge in [-0.05, 0) is 39.0 Å². The molecule has 0 aromatic carbocycles. The number of hydrogen-bond acceptors (Lipinski definition) is 2. The maximum absolute atomic E-state index is 5.10. The van der Waals surface area contributed by atoms with Crippen molar-refractivity contribution in [1.82, 2.24) is 5.32 Å². The molecule has 2 heteroatoms. The summed E-state index contributed by atoms with van der Waals surface area (Å²) in [6.45, 7) is 5.44. The van der Waals surface area contributed by atoms with Crippen LogP contribution in [0.1, 0.15) is 58.8 Å². The monoisotopic (exact) mass is 227 g/mol. The third-order valence-electron chi connectivity index (χ3n) is 3.81. The summed E-state index contributed by atoms with van der Waals surface area (Å²) in [5.74, 6) is 1.03. The molecule has 0 radical (unpaired) electrons. The van der Waals surface area contributed by atoms with Crippen LogP contribution in [0.25, 0.3) is 0 Å². The van der Waals surface area contributed by atoms with E-state index in [9.17, 15) is 0 Å². The second kappa shape index (κ2) is 8.08. The van der Waals surface area contributed by atoms with Crippen molar-refractivity contribution >= 4 is 0 Å². The third kappa shape index (κ3) is 5.86. The molecule has 0 bridgehead atoms. The quantitative estimate of drug-likeness (QED) is 0.686. The Labute approximate surface area is 101 Å². The molecule has 0 aliphatic heterocycles. The predicted molar refractivity (Wildman–Crippen MR) is 69.7 cm³/mol. The van der Waals surface area contributed by atoms with Gasteiger partial charge in [-0.2, -0.15) is 0 Å². The lowest BCUT2D eigenvalue weighted by atomic mass is 9.99. The molecule has 2 atom stereocenters. The average Bonchev–Trinajstić information content (AvgIpc) is 2.76. The van der Waals surface area contributed by atoms with Crippen LogP contribution in [0.15, 0.2) is 0 Å². The van der Waals surface area contributed by atoms with Crippen molar-refractivity contribution < 1.29 is 4.74 Å². The summed E-state index contributed by atoms with van der Waals surface area (Å²) in [7, 11) is 1.77. The first-order valence-corrected chi connectivity index (χ1v) is 6.97. The van der Waals surface area contributed by atoms with E-state index in [1.165, 1.54) is 38.5 Å². The highest BCUT2D eigenvalue weighted by molar-refractivity contribution is 4.72. The summed E-state index contributed by atoms with van der Waals surface area (Å²) in [6.07, 6.45) is 9.77. The molecule has 1 aliphatic rings. The molecule has 1 aliphatic carbocycles. The second-order valence-electron chi connectivity index (χ2n) is 5.48. The van der Waals surface area contributed by atoms with Crippen molar-refractivity contribution in [2.45, 2.75) is 70.9 Å². The summed E-state index contributed by atoms with van der Waals surface area (Å²) in [6, 6.07) is 1.24. The van der Waals surface area contributed by atoms with E-state index in [1.54, 1.807) is 7.11 Å². The van der Waals surface area contributed by atoms with Crippen molar-refractivity contribution in [3.63, 3.8) is 0 Å². The summed E-state index contributed by atoms with van der Waals surface area (Å²) in [4.78, 5) is 0. The molecule has 0 heterocycles. The summed E-state index contributed by atoms with van der Waals surface area (Å²) in [5, 5.41) is 3.66. The van der Waals surface area contributed by atoms with Gasteiger partial charge in [-0.15, -0.1) is 0 Å². The van der Waals surface area contributed by atoms with Crippen LogP contribution in [0.4, 0.5) is 0 Å². The van der Waals surface area contributed by atoms with E-state index in [0.717, 1.165) is 18.9 Å². The molecule has 2 unspecified atom stereocenters. The van der Waals surface area contributed by atoms with Gasteiger partial charge in [0.1, 0.15) is 0 Å². The van der Waals surface area contributed by atoms with E-state index < -0.39 is 0 Å². The number of methoxy groups -OCH3 is 1. The maximum atomic E-state index is 5.10. The van der Waals surface area contributed by atoms with Gasteiger partial charge in [-0.1, -0.05) is 25.7 Å². The Morgan fingerprint density at radius 2 is 1.75 bits per heavy atom. The first-order valence-electron chi connectivity index (χ1n) is 6.97. The largest absolute Gasteiger partial charge is 0.385 e. The minimum Gasteiger partial charge on any atom is -0.385 e. The van der Waals surface area contributed by atoms with Crippen molar-refractivity contribution in [2.24, 2.45) is 5.92 Å². The van der Waals surface area contributed by atoms with Crippen LogP contribution in [-0.4, -0.2) is 25.8 Å². The van der Waals surface area contributed by atoms with Crippen molar-refractivity contribution in [3.05, 3.63) is 0 Å². The molecular weight excluding hydrogens is 198 g/mol. The normalized spacial score (nSPS) is 21.2. The van der Waals surface area contributed by atoms with E-state index in [0.29, 0.717) is 12.1 Å². The average molecular weight is 227 g/mol. The van der Waals surface area contributed by atoms with Crippen LogP contribution >= 0.6 is 0 Å². The zero-order valence-corrected chi connectivity index (χ0v) is 11.3. The van der Waals surface area contributed by atoms with E-state index >= 15 is 0 Å². The van der Waals surface area contributed by atoms with Gasteiger partial charge in [0.15, 0.2) is 0 Å². The van der Waals surface area contributed by atoms with E-state index in [1.807, 2.05) is 0 Å². The van der Waals surface area contributed by atoms with Crippen molar-refractivity contribution in [3.8, 4) is 0 Å². The Hall–Kier alpha value is -0.0800. The van der Waals surface area contributed by atoms with Gasteiger partial charge in [0.05, 0.1) is 0 Å². The van der Waals surface area contributed by atoms with Gasteiger partial charge in [0, 0.05) is 25.8 Å². The molecule has 1 rings (SSSR count). The first-order chi connectivity index (χ1) is 7.72. The minimum absolute atomic E-state index is 0.582. The number of nitrogens with one attached hydrogen (secondary N) is 1. The van der Waals surface area contributed by atoms with Crippen LogP contribution in [0.5, 0.6) is 0 Å². The summed E-state index contributed by atoms with van der Waals surface area (Å²) >= 11 is 0. The molecule has 0 aromatic rings. The molecule has 2 nitrogen and oxygen atoms in total. The van der Waals surface area contributed by atoms with Gasteiger partial charge in [0.25, 0.3) is 0 Å². The second-order valence-corrected chi connectivity index (χ2v) is 5.48. The number of ether oxygens (including phenoxy) is 1. The fourth-order valence-corrected chi connectivity index (χ4v) is 2.73. The lowest BCUT2D eigenvalue weighted by molar-refractivity contribution is 0.182. The highest BCUT2D eigenvalue weighted by Crippen LogP contribution is 2.28. The Balaban J connectivity index is 2.02.